The van der Waals surface area contributed by atoms with Crippen LogP contribution >= 0.6 is 0 Å². The van der Waals surface area contributed by atoms with Crippen molar-refractivity contribution < 1.29 is 0 Å². The van der Waals surface area contributed by atoms with Gasteiger partial charge in [0.15, 0.2) is 0 Å². The van der Waals surface area contributed by atoms with Crippen molar-refractivity contribution in [2.24, 2.45) is 5.92 Å². The molecule has 3 unspecified atom stereocenters. The Morgan fingerprint density at radius 1 is 1.38 bits per heavy atom. The lowest BCUT2D eigenvalue weighted by Gasteiger charge is -2.33. The number of nitrogens with zero attached hydrogens (tertiary/aromatic N) is 1. The van der Waals surface area contributed by atoms with E-state index in [0.717, 1.165) is 18.0 Å². The summed E-state index contributed by atoms with van der Waals surface area (Å²) in [5, 5.41) is 3.49. The third-order valence-corrected chi connectivity index (χ3v) is 3.64. The van der Waals surface area contributed by atoms with Gasteiger partial charge in [0, 0.05) is 18.6 Å². The van der Waals surface area contributed by atoms with Crippen LogP contribution in [-0.2, 0) is 0 Å². The number of hydrogen-bond donors (Lipinski definition) is 1. The number of nitrogens with one attached hydrogen (secondary N) is 1. The second kappa shape index (κ2) is 4.97. The molecule has 0 radical (unpaired) electrons. The molecule has 0 bridgehead atoms. The van der Waals surface area contributed by atoms with E-state index >= 15 is 0 Å². The van der Waals surface area contributed by atoms with Crippen molar-refractivity contribution in [2.75, 3.05) is 20.1 Å². The zero-order chi connectivity index (χ0) is 9.84. The van der Waals surface area contributed by atoms with Gasteiger partial charge in [-0.1, -0.05) is 20.3 Å². The van der Waals surface area contributed by atoms with Crippen LogP contribution in [0.1, 0.15) is 33.6 Å². The highest BCUT2D eigenvalue weighted by molar-refractivity contribution is 4.88. The minimum atomic E-state index is 0.721. The Morgan fingerprint density at radius 3 is 2.62 bits per heavy atom. The van der Waals surface area contributed by atoms with Crippen molar-refractivity contribution in [1.82, 2.24) is 10.2 Å². The van der Waals surface area contributed by atoms with Gasteiger partial charge in [0.25, 0.3) is 0 Å². The van der Waals surface area contributed by atoms with Crippen molar-refractivity contribution in [3.63, 3.8) is 0 Å². The molecule has 1 fully saturated rings. The Kier molecular flexibility index (Phi) is 4.20. The second-order valence-corrected chi connectivity index (χ2v) is 4.32. The van der Waals surface area contributed by atoms with Crippen LogP contribution in [0.5, 0.6) is 0 Å². The summed E-state index contributed by atoms with van der Waals surface area (Å²) in [6, 6.07) is 1.49. The van der Waals surface area contributed by atoms with Gasteiger partial charge in [-0.15, -0.1) is 0 Å². The van der Waals surface area contributed by atoms with Crippen molar-refractivity contribution in [1.29, 1.82) is 0 Å². The van der Waals surface area contributed by atoms with Crippen LogP contribution in [0.4, 0.5) is 0 Å². The van der Waals surface area contributed by atoms with Gasteiger partial charge in [-0.3, -0.25) is 4.90 Å². The van der Waals surface area contributed by atoms with Crippen molar-refractivity contribution in [3.05, 3.63) is 0 Å². The van der Waals surface area contributed by atoms with Crippen LogP contribution in [-0.4, -0.2) is 37.1 Å². The fraction of sp³-hybridized carbons (Fsp3) is 1.00. The largest absolute Gasteiger partial charge is 0.315 e. The molecule has 1 aliphatic heterocycles. The molecule has 1 heterocycles. The van der Waals surface area contributed by atoms with E-state index in [2.05, 4.69) is 38.0 Å². The molecule has 0 spiro atoms. The smallest absolute Gasteiger partial charge is 0.0260 e. The number of likely N-dealkylation sites (N-methyl/N-ethyl adjacent to an activating group) is 1. The molecular formula is C11H24N2. The van der Waals surface area contributed by atoms with Gasteiger partial charge in [0.2, 0.25) is 0 Å². The highest BCUT2D eigenvalue weighted by Crippen LogP contribution is 2.20. The predicted octanol–water partition coefficient (Wildman–Crippen LogP) is 1.71. The van der Waals surface area contributed by atoms with E-state index in [1.807, 2.05) is 0 Å². The van der Waals surface area contributed by atoms with Crippen molar-refractivity contribution >= 4 is 0 Å². The molecule has 1 aliphatic rings. The third-order valence-electron chi connectivity index (χ3n) is 3.64. The molecule has 2 nitrogen and oxygen atoms in total. The van der Waals surface area contributed by atoms with E-state index in [4.69, 9.17) is 0 Å². The Labute approximate surface area is 82.7 Å². The summed E-state index contributed by atoms with van der Waals surface area (Å²) in [5.41, 5.74) is 0. The fourth-order valence-electron chi connectivity index (χ4n) is 2.23. The lowest BCUT2D eigenvalue weighted by molar-refractivity contribution is 0.155. The quantitative estimate of drug-likeness (QED) is 0.715. The maximum atomic E-state index is 3.49. The third kappa shape index (κ3) is 2.44. The first-order chi connectivity index (χ1) is 6.20. The van der Waals surface area contributed by atoms with E-state index in [1.165, 1.54) is 25.9 Å². The Hall–Kier alpha value is -0.0800. The summed E-state index contributed by atoms with van der Waals surface area (Å²) in [5.74, 6) is 0.860. The summed E-state index contributed by atoms with van der Waals surface area (Å²) in [6.45, 7) is 9.28. The second-order valence-electron chi connectivity index (χ2n) is 4.32. The van der Waals surface area contributed by atoms with Gasteiger partial charge in [-0.2, -0.15) is 0 Å². The van der Waals surface area contributed by atoms with Crippen molar-refractivity contribution in [2.45, 2.75) is 45.7 Å². The van der Waals surface area contributed by atoms with Crippen LogP contribution in [0.3, 0.4) is 0 Å². The molecule has 2 heteroatoms. The first-order valence-corrected chi connectivity index (χ1v) is 5.63. The molecule has 1 rings (SSSR count). The normalized spacial score (nSPS) is 31.2. The van der Waals surface area contributed by atoms with E-state index in [1.54, 1.807) is 0 Å². The molecule has 1 N–H and O–H groups in total. The standard InChI is InChI=1S/C11H24N2/c1-5-9(3)13(4)11-8-12-7-10(11)6-2/h9-12H,5-8H2,1-4H3. The van der Waals surface area contributed by atoms with Crippen LogP contribution in [0.25, 0.3) is 0 Å². The number of hydrogen-bond acceptors (Lipinski definition) is 2. The molecule has 0 amide bonds. The first kappa shape index (κ1) is 11.0. The van der Waals surface area contributed by atoms with Crippen LogP contribution in [0.2, 0.25) is 0 Å². The van der Waals surface area contributed by atoms with Gasteiger partial charge in [0.1, 0.15) is 0 Å². The highest BCUT2D eigenvalue weighted by atomic mass is 15.2. The average molecular weight is 184 g/mol. The van der Waals surface area contributed by atoms with Crippen LogP contribution in [0, 0.1) is 5.92 Å². The Bertz CT molecular complexity index is 147. The predicted molar refractivity (Wildman–Crippen MR) is 58.0 cm³/mol. The van der Waals surface area contributed by atoms with E-state index in [9.17, 15) is 0 Å². The molecule has 78 valence electrons. The monoisotopic (exact) mass is 184 g/mol. The van der Waals surface area contributed by atoms with E-state index in [0.29, 0.717) is 0 Å². The molecule has 3 atom stereocenters. The molecular weight excluding hydrogens is 160 g/mol. The highest BCUT2D eigenvalue weighted by Gasteiger charge is 2.30. The number of rotatable bonds is 4. The van der Waals surface area contributed by atoms with Crippen molar-refractivity contribution in [3.8, 4) is 0 Å². The molecule has 0 aromatic heterocycles. The molecule has 0 aliphatic carbocycles. The average Bonchev–Trinajstić information content (AvgIpc) is 2.62. The maximum absolute atomic E-state index is 3.49. The first-order valence-electron chi connectivity index (χ1n) is 5.63. The topological polar surface area (TPSA) is 15.3 Å². The van der Waals surface area contributed by atoms with Gasteiger partial charge in [-0.25, -0.2) is 0 Å². The Morgan fingerprint density at radius 2 is 2.08 bits per heavy atom. The summed E-state index contributed by atoms with van der Waals surface area (Å²) in [4.78, 5) is 2.55. The van der Waals surface area contributed by atoms with Crippen LogP contribution < -0.4 is 5.32 Å². The zero-order valence-corrected chi connectivity index (χ0v) is 9.51. The molecule has 13 heavy (non-hydrogen) atoms. The molecule has 0 aromatic rings. The van der Waals surface area contributed by atoms with Gasteiger partial charge >= 0.3 is 0 Å². The molecule has 0 aromatic carbocycles. The Balaban J connectivity index is 2.49. The summed E-state index contributed by atoms with van der Waals surface area (Å²) in [6.07, 6.45) is 2.56. The minimum absolute atomic E-state index is 0.721. The lowest BCUT2D eigenvalue weighted by atomic mass is 9.98. The van der Waals surface area contributed by atoms with E-state index in [-0.39, 0.29) is 0 Å². The maximum Gasteiger partial charge on any atom is 0.0260 e. The molecule has 0 saturated carbocycles. The lowest BCUT2D eigenvalue weighted by Crippen LogP contribution is -2.42. The minimum Gasteiger partial charge on any atom is -0.315 e. The van der Waals surface area contributed by atoms with Crippen LogP contribution in [0.15, 0.2) is 0 Å². The summed E-state index contributed by atoms with van der Waals surface area (Å²) in [7, 11) is 2.27. The fourth-order valence-corrected chi connectivity index (χ4v) is 2.23. The van der Waals surface area contributed by atoms with Gasteiger partial charge in [0.05, 0.1) is 0 Å². The molecule has 1 saturated heterocycles. The zero-order valence-electron chi connectivity index (χ0n) is 9.51. The summed E-state index contributed by atoms with van der Waals surface area (Å²) < 4.78 is 0. The summed E-state index contributed by atoms with van der Waals surface area (Å²) >= 11 is 0. The van der Waals surface area contributed by atoms with Gasteiger partial charge in [-0.05, 0) is 32.9 Å². The van der Waals surface area contributed by atoms with E-state index < -0.39 is 0 Å². The van der Waals surface area contributed by atoms with Gasteiger partial charge < -0.3 is 5.32 Å². The SMILES string of the molecule is CCC1CNCC1N(C)C(C)CC.